The SMILES string of the molecule is N#Cc1ccc(N2CC3CCC2C(NC(=O)CCc2ccn[nH]2)C3)nn1. The second-order valence-corrected chi connectivity index (χ2v) is 7.04. The zero-order chi connectivity index (χ0) is 17.9. The Hall–Kier alpha value is -2.95. The van der Waals surface area contributed by atoms with Gasteiger partial charge in [-0.2, -0.15) is 10.4 Å². The Bertz CT molecular complexity index is 796. The molecule has 1 amide bonds. The first-order valence-corrected chi connectivity index (χ1v) is 9.01. The predicted octanol–water partition coefficient (Wildman–Crippen LogP) is 1.18. The smallest absolute Gasteiger partial charge is 0.220 e. The van der Waals surface area contributed by atoms with Crippen LogP contribution in [0.5, 0.6) is 0 Å². The van der Waals surface area contributed by atoms with E-state index in [0.29, 0.717) is 24.5 Å². The van der Waals surface area contributed by atoms with Crippen LogP contribution < -0.4 is 10.2 Å². The molecule has 2 aliphatic heterocycles. The number of carbonyl (C=O) groups is 1. The number of piperidine rings is 2. The minimum absolute atomic E-state index is 0.0722. The lowest BCUT2D eigenvalue weighted by Crippen LogP contribution is -2.61. The Labute approximate surface area is 151 Å². The molecular weight excluding hydrogens is 330 g/mol. The number of amides is 1. The highest BCUT2D eigenvalue weighted by Gasteiger charge is 2.42. The zero-order valence-corrected chi connectivity index (χ0v) is 14.4. The first-order valence-electron chi connectivity index (χ1n) is 9.01. The molecule has 0 spiro atoms. The lowest BCUT2D eigenvalue weighted by Gasteiger charge is -2.50. The molecule has 134 valence electrons. The van der Waals surface area contributed by atoms with Gasteiger partial charge >= 0.3 is 0 Å². The molecule has 1 aliphatic carbocycles. The van der Waals surface area contributed by atoms with Crippen molar-refractivity contribution < 1.29 is 4.79 Å². The summed E-state index contributed by atoms with van der Waals surface area (Å²) < 4.78 is 0. The summed E-state index contributed by atoms with van der Waals surface area (Å²) >= 11 is 0. The Balaban J connectivity index is 1.40. The normalized spacial score (nSPS) is 24.3. The summed E-state index contributed by atoms with van der Waals surface area (Å²) in [6.07, 6.45) is 6.05. The highest BCUT2D eigenvalue weighted by atomic mass is 16.1. The fourth-order valence-corrected chi connectivity index (χ4v) is 4.10. The molecule has 3 unspecified atom stereocenters. The number of H-pyrrole nitrogens is 1. The Morgan fingerprint density at radius 2 is 2.27 bits per heavy atom. The summed E-state index contributed by atoms with van der Waals surface area (Å²) in [5.74, 6) is 1.41. The van der Waals surface area contributed by atoms with E-state index in [0.717, 1.165) is 30.9 Å². The maximum Gasteiger partial charge on any atom is 0.220 e. The van der Waals surface area contributed by atoms with E-state index in [1.165, 1.54) is 6.42 Å². The van der Waals surface area contributed by atoms with Gasteiger partial charge in [-0.15, -0.1) is 10.2 Å². The van der Waals surface area contributed by atoms with Crippen LogP contribution in [0.1, 0.15) is 37.1 Å². The summed E-state index contributed by atoms with van der Waals surface area (Å²) in [5.41, 5.74) is 1.29. The molecule has 3 aliphatic rings. The summed E-state index contributed by atoms with van der Waals surface area (Å²) in [6.45, 7) is 0.936. The maximum atomic E-state index is 12.4. The van der Waals surface area contributed by atoms with E-state index in [9.17, 15) is 4.79 Å². The molecule has 2 aromatic rings. The zero-order valence-electron chi connectivity index (χ0n) is 14.4. The standard InChI is InChI=1S/C18H21N7O/c19-10-14-2-5-17(24-23-14)25-11-12-1-4-16(25)15(9-12)21-18(26)6-3-13-7-8-20-22-13/h2,5,7-8,12,15-16H,1,3-4,6,9,11H2,(H,20,22)(H,21,26). The second-order valence-electron chi connectivity index (χ2n) is 7.04. The third-order valence-electron chi connectivity index (χ3n) is 5.36. The minimum Gasteiger partial charge on any atom is -0.351 e. The molecule has 5 rings (SSSR count). The lowest BCUT2D eigenvalue weighted by atomic mass is 9.76. The number of fused-ring (bicyclic) bond motifs is 3. The van der Waals surface area contributed by atoms with Gasteiger partial charge in [-0.25, -0.2) is 0 Å². The van der Waals surface area contributed by atoms with Crippen molar-refractivity contribution in [3.63, 3.8) is 0 Å². The van der Waals surface area contributed by atoms with E-state index in [2.05, 4.69) is 30.6 Å². The van der Waals surface area contributed by atoms with Crippen molar-refractivity contribution in [2.75, 3.05) is 11.4 Å². The van der Waals surface area contributed by atoms with Crippen LogP contribution >= 0.6 is 0 Å². The van der Waals surface area contributed by atoms with Crippen molar-refractivity contribution in [2.24, 2.45) is 5.92 Å². The second kappa shape index (κ2) is 7.12. The highest BCUT2D eigenvalue weighted by Crippen LogP contribution is 2.37. The molecule has 2 bridgehead atoms. The Morgan fingerprint density at radius 1 is 1.35 bits per heavy atom. The van der Waals surface area contributed by atoms with Crippen molar-refractivity contribution in [1.29, 1.82) is 5.26 Å². The number of hydrogen-bond acceptors (Lipinski definition) is 6. The van der Waals surface area contributed by atoms with E-state index >= 15 is 0 Å². The number of aryl methyl sites for hydroxylation is 1. The largest absolute Gasteiger partial charge is 0.351 e. The van der Waals surface area contributed by atoms with Gasteiger partial charge in [0.2, 0.25) is 5.91 Å². The first-order chi connectivity index (χ1) is 12.7. The molecule has 4 heterocycles. The first kappa shape index (κ1) is 16.5. The van der Waals surface area contributed by atoms with Gasteiger partial charge in [-0.05, 0) is 49.8 Å². The van der Waals surface area contributed by atoms with Crippen LogP contribution in [0.25, 0.3) is 0 Å². The summed E-state index contributed by atoms with van der Waals surface area (Å²) in [4.78, 5) is 14.6. The number of rotatable bonds is 5. The number of hydrogen-bond donors (Lipinski definition) is 2. The number of aromatic nitrogens is 4. The van der Waals surface area contributed by atoms with Gasteiger partial charge in [0.15, 0.2) is 11.5 Å². The van der Waals surface area contributed by atoms with Crippen LogP contribution in [0.4, 0.5) is 5.82 Å². The van der Waals surface area contributed by atoms with Crippen LogP contribution in [0.15, 0.2) is 24.4 Å². The van der Waals surface area contributed by atoms with Gasteiger partial charge in [-0.3, -0.25) is 9.89 Å². The number of carbonyl (C=O) groups excluding carboxylic acids is 1. The monoisotopic (exact) mass is 351 g/mol. The van der Waals surface area contributed by atoms with Crippen molar-refractivity contribution in [2.45, 2.75) is 44.2 Å². The van der Waals surface area contributed by atoms with Crippen molar-refractivity contribution in [1.82, 2.24) is 25.7 Å². The van der Waals surface area contributed by atoms with Gasteiger partial charge < -0.3 is 10.2 Å². The molecule has 2 saturated heterocycles. The molecule has 1 saturated carbocycles. The predicted molar refractivity (Wildman–Crippen MR) is 94.1 cm³/mol. The maximum absolute atomic E-state index is 12.4. The molecular formula is C18H21N7O. The molecule has 8 heteroatoms. The molecule has 2 N–H and O–H groups in total. The quantitative estimate of drug-likeness (QED) is 0.837. The highest BCUT2D eigenvalue weighted by molar-refractivity contribution is 5.76. The van der Waals surface area contributed by atoms with Gasteiger partial charge in [0.25, 0.3) is 0 Å². The Morgan fingerprint density at radius 3 is 2.96 bits per heavy atom. The topological polar surface area (TPSA) is 111 Å². The molecule has 0 aromatic carbocycles. The fourth-order valence-electron chi connectivity index (χ4n) is 4.10. The summed E-state index contributed by atoms with van der Waals surface area (Å²) in [7, 11) is 0. The third-order valence-corrected chi connectivity index (χ3v) is 5.36. The van der Waals surface area contributed by atoms with Crippen LogP contribution in [0.2, 0.25) is 0 Å². The van der Waals surface area contributed by atoms with Crippen molar-refractivity contribution in [3.05, 3.63) is 35.8 Å². The van der Waals surface area contributed by atoms with Crippen molar-refractivity contribution in [3.8, 4) is 6.07 Å². The van der Waals surface area contributed by atoms with Gasteiger partial charge in [-0.1, -0.05) is 0 Å². The number of anilines is 1. The van der Waals surface area contributed by atoms with E-state index in [4.69, 9.17) is 5.26 Å². The van der Waals surface area contributed by atoms with Crippen LogP contribution in [-0.2, 0) is 11.2 Å². The number of nitrogens with zero attached hydrogens (tertiary/aromatic N) is 5. The Kier molecular flexibility index (Phi) is 4.52. The summed E-state index contributed by atoms with van der Waals surface area (Å²) in [5, 5.41) is 27.1. The van der Waals surface area contributed by atoms with Crippen LogP contribution in [0, 0.1) is 17.2 Å². The van der Waals surface area contributed by atoms with Crippen LogP contribution in [-0.4, -0.2) is 44.9 Å². The average Bonchev–Trinajstić information content (AvgIpc) is 3.20. The number of nitrogens with one attached hydrogen (secondary N) is 2. The van der Waals surface area contributed by atoms with Gasteiger partial charge in [0, 0.05) is 30.9 Å². The van der Waals surface area contributed by atoms with Crippen LogP contribution in [0.3, 0.4) is 0 Å². The summed E-state index contributed by atoms with van der Waals surface area (Å²) in [6, 6.07) is 7.80. The molecule has 26 heavy (non-hydrogen) atoms. The van der Waals surface area contributed by atoms with E-state index < -0.39 is 0 Å². The molecule has 3 fully saturated rings. The number of nitriles is 1. The molecule has 3 atom stereocenters. The fraction of sp³-hybridized carbons (Fsp3) is 0.500. The molecule has 8 nitrogen and oxygen atoms in total. The molecule has 0 radical (unpaired) electrons. The van der Waals surface area contributed by atoms with E-state index in [-0.39, 0.29) is 18.0 Å². The lowest BCUT2D eigenvalue weighted by molar-refractivity contribution is -0.122. The number of aromatic amines is 1. The van der Waals surface area contributed by atoms with Gasteiger partial charge in [0.1, 0.15) is 6.07 Å². The third kappa shape index (κ3) is 3.38. The van der Waals surface area contributed by atoms with Gasteiger partial charge in [0.05, 0.1) is 6.04 Å². The molecule has 2 aromatic heterocycles. The average molecular weight is 351 g/mol. The minimum atomic E-state index is 0.0722. The van der Waals surface area contributed by atoms with E-state index in [1.54, 1.807) is 12.3 Å². The van der Waals surface area contributed by atoms with E-state index in [1.807, 2.05) is 18.2 Å². The van der Waals surface area contributed by atoms with Crippen molar-refractivity contribution >= 4 is 11.7 Å².